The molecule has 1 saturated carbocycles. The van der Waals surface area contributed by atoms with Gasteiger partial charge in [-0.05, 0) is 37.8 Å². The molecule has 1 amide bonds. The van der Waals surface area contributed by atoms with E-state index in [0.29, 0.717) is 25.1 Å². The van der Waals surface area contributed by atoms with Crippen molar-refractivity contribution in [2.45, 2.75) is 50.3 Å². The monoisotopic (exact) mass is 304 g/mol. The van der Waals surface area contributed by atoms with Crippen molar-refractivity contribution in [1.82, 2.24) is 4.90 Å². The fourth-order valence-corrected chi connectivity index (χ4v) is 3.19. The van der Waals surface area contributed by atoms with Gasteiger partial charge < -0.3 is 20.1 Å². The van der Waals surface area contributed by atoms with Gasteiger partial charge in [-0.15, -0.1) is 0 Å². The molecule has 1 atom stereocenters. The van der Waals surface area contributed by atoms with Gasteiger partial charge in [0, 0.05) is 19.1 Å². The van der Waals surface area contributed by atoms with Crippen LogP contribution in [0.2, 0.25) is 0 Å². The maximum atomic E-state index is 12.5. The summed E-state index contributed by atoms with van der Waals surface area (Å²) in [5, 5.41) is 0. The average molecular weight is 304 g/mol. The van der Waals surface area contributed by atoms with Crippen molar-refractivity contribution in [3.8, 4) is 11.5 Å². The van der Waals surface area contributed by atoms with E-state index in [1.807, 2.05) is 36.2 Å². The van der Waals surface area contributed by atoms with Crippen molar-refractivity contribution in [3.63, 3.8) is 0 Å². The molecule has 1 aromatic carbocycles. The Kier molecular flexibility index (Phi) is 4.52. The largest absolute Gasteiger partial charge is 0.486 e. The van der Waals surface area contributed by atoms with E-state index in [4.69, 9.17) is 15.2 Å². The maximum absolute atomic E-state index is 12.5. The summed E-state index contributed by atoms with van der Waals surface area (Å²) < 4.78 is 11.5. The quantitative estimate of drug-likeness (QED) is 0.927. The second-order valence-electron chi connectivity index (χ2n) is 6.27. The minimum atomic E-state index is -0.212. The zero-order chi connectivity index (χ0) is 15.5. The Hall–Kier alpha value is -1.75. The Bertz CT molecular complexity index is 526. The number of hydrogen-bond donors (Lipinski definition) is 1. The van der Waals surface area contributed by atoms with Gasteiger partial charge >= 0.3 is 0 Å². The van der Waals surface area contributed by atoms with E-state index >= 15 is 0 Å². The van der Waals surface area contributed by atoms with Gasteiger partial charge in [-0.1, -0.05) is 12.1 Å². The number of fused-ring (bicyclic) bond motifs is 1. The fourth-order valence-electron chi connectivity index (χ4n) is 3.19. The first-order valence-electron chi connectivity index (χ1n) is 8.03. The summed E-state index contributed by atoms with van der Waals surface area (Å²) in [5.74, 6) is 1.59. The Labute approximate surface area is 131 Å². The van der Waals surface area contributed by atoms with Crippen molar-refractivity contribution >= 4 is 5.91 Å². The molecule has 120 valence electrons. The lowest BCUT2D eigenvalue weighted by Crippen LogP contribution is -2.44. The van der Waals surface area contributed by atoms with Crippen LogP contribution in [0.5, 0.6) is 11.5 Å². The molecule has 2 N–H and O–H groups in total. The predicted octanol–water partition coefficient (Wildman–Crippen LogP) is 1.94. The minimum absolute atomic E-state index is 0.119. The second kappa shape index (κ2) is 6.57. The zero-order valence-corrected chi connectivity index (χ0v) is 13.0. The molecular formula is C17H24N2O3. The van der Waals surface area contributed by atoms with Crippen LogP contribution in [0, 0.1) is 0 Å². The number of ether oxygens (including phenoxy) is 2. The molecule has 5 heteroatoms. The smallest absolute Gasteiger partial charge is 0.226 e. The van der Waals surface area contributed by atoms with Crippen LogP contribution in [-0.2, 0) is 4.79 Å². The summed E-state index contributed by atoms with van der Waals surface area (Å²) in [6, 6.07) is 8.18. The Morgan fingerprint density at radius 2 is 1.91 bits per heavy atom. The molecule has 1 aliphatic heterocycles. The highest BCUT2D eigenvalue weighted by molar-refractivity contribution is 5.77. The number of nitrogens with two attached hydrogens (primary N) is 1. The Morgan fingerprint density at radius 3 is 2.64 bits per heavy atom. The first-order chi connectivity index (χ1) is 10.6. The first kappa shape index (κ1) is 15.2. The number of para-hydroxylation sites is 2. The highest BCUT2D eigenvalue weighted by Crippen LogP contribution is 2.32. The van der Waals surface area contributed by atoms with Crippen molar-refractivity contribution in [1.29, 1.82) is 0 Å². The van der Waals surface area contributed by atoms with Crippen LogP contribution in [0.4, 0.5) is 0 Å². The van der Waals surface area contributed by atoms with Crippen LogP contribution in [0.3, 0.4) is 0 Å². The van der Waals surface area contributed by atoms with E-state index in [0.717, 1.165) is 37.2 Å². The number of carbonyl (C=O) groups is 1. The van der Waals surface area contributed by atoms with Gasteiger partial charge in [-0.3, -0.25) is 4.79 Å². The summed E-state index contributed by atoms with van der Waals surface area (Å²) in [4.78, 5) is 14.3. The topological polar surface area (TPSA) is 64.8 Å². The van der Waals surface area contributed by atoms with Crippen molar-refractivity contribution in [2.75, 3.05) is 13.7 Å². The SMILES string of the molecule is CN(C(=O)CC1COc2ccccc2O1)C1CCC(N)CC1. The lowest BCUT2D eigenvalue weighted by Gasteiger charge is -2.34. The van der Waals surface area contributed by atoms with Crippen LogP contribution in [-0.4, -0.2) is 42.6 Å². The number of nitrogens with zero attached hydrogens (tertiary/aromatic N) is 1. The third-order valence-corrected chi connectivity index (χ3v) is 4.65. The van der Waals surface area contributed by atoms with E-state index in [1.54, 1.807) is 0 Å². The van der Waals surface area contributed by atoms with Gasteiger partial charge in [0.05, 0.1) is 6.42 Å². The molecule has 0 saturated heterocycles. The molecule has 3 rings (SSSR count). The van der Waals surface area contributed by atoms with Gasteiger partial charge in [0.25, 0.3) is 0 Å². The summed E-state index contributed by atoms with van der Waals surface area (Å²) in [5.41, 5.74) is 5.93. The average Bonchev–Trinajstić information content (AvgIpc) is 2.55. The third kappa shape index (κ3) is 3.35. The van der Waals surface area contributed by atoms with E-state index in [1.165, 1.54) is 0 Å². The maximum Gasteiger partial charge on any atom is 0.226 e. The summed E-state index contributed by atoms with van der Waals surface area (Å²) >= 11 is 0. The predicted molar refractivity (Wildman–Crippen MR) is 84.0 cm³/mol. The van der Waals surface area contributed by atoms with Crippen molar-refractivity contribution in [2.24, 2.45) is 5.73 Å². The van der Waals surface area contributed by atoms with E-state index in [-0.39, 0.29) is 12.0 Å². The summed E-state index contributed by atoms with van der Waals surface area (Å²) in [6.07, 6.45) is 4.13. The molecule has 5 nitrogen and oxygen atoms in total. The highest BCUT2D eigenvalue weighted by Gasteiger charge is 2.29. The lowest BCUT2D eigenvalue weighted by molar-refractivity contribution is -0.135. The lowest BCUT2D eigenvalue weighted by atomic mass is 9.91. The number of amides is 1. The van der Waals surface area contributed by atoms with Crippen LogP contribution in [0.1, 0.15) is 32.1 Å². The second-order valence-corrected chi connectivity index (χ2v) is 6.27. The Balaban J connectivity index is 1.54. The minimum Gasteiger partial charge on any atom is -0.486 e. The van der Waals surface area contributed by atoms with Crippen LogP contribution >= 0.6 is 0 Å². The molecule has 1 heterocycles. The molecule has 22 heavy (non-hydrogen) atoms. The molecule has 0 spiro atoms. The van der Waals surface area contributed by atoms with Crippen LogP contribution in [0.25, 0.3) is 0 Å². The number of hydrogen-bond acceptors (Lipinski definition) is 4. The zero-order valence-electron chi connectivity index (χ0n) is 13.0. The first-order valence-corrected chi connectivity index (χ1v) is 8.03. The van der Waals surface area contributed by atoms with E-state index in [9.17, 15) is 4.79 Å². The van der Waals surface area contributed by atoms with Crippen LogP contribution < -0.4 is 15.2 Å². The van der Waals surface area contributed by atoms with Crippen molar-refractivity contribution < 1.29 is 14.3 Å². The number of carbonyl (C=O) groups excluding carboxylic acids is 1. The summed E-state index contributed by atoms with van der Waals surface area (Å²) in [7, 11) is 1.89. The highest BCUT2D eigenvalue weighted by atomic mass is 16.6. The number of benzene rings is 1. The van der Waals surface area contributed by atoms with Gasteiger partial charge in [0.15, 0.2) is 11.5 Å². The Morgan fingerprint density at radius 1 is 1.23 bits per heavy atom. The fraction of sp³-hybridized carbons (Fsp3) is 0.588. The molecule has 0 bridgehead atoms. The van der Waals surface area contributed by atoms with Gasteiger partial charge in [-0.25, -0.2) is 0 Å². The van der Waals surface area contributed by atoms with Crippen molar-refractivity contribution in [3.05, 3.63) is 24.3 Å². The normalized spacial score (nSPS) is 27.3. The summed E-state index contributed by atoms with van der Waals surface area (Å²) in [6.45, 7) is 0.423. The molecule has 1 unspecified atom stereocenters. The number of rotatable bonds is 3. The van der Waals surface area contributed by atoms with E-state index < -0.39 is 0 Å². The molecule has 1 fully saturated rings. The molecule has 2 aliphatic rings. The van der Waals surface area contributed by atoms with Crippen LogP contribution in [0.15, 0.2) is 24.3 Å². The molecule has 0 aromatic heterocycles. The standard InChI is InChI=1S/C17H24N2O3/c1-19(13-8-6-12(18)7-9-13)17(20)10-14-11-21-15-4-2-3-5-16(15)22-14/h2-5,12-14H,6-11,18H2,1H3. The molecule has 1 aromatic rings. The van der Waals surface area contributed by atoms with E-state index in [2.05, 4.69) is 0 Å². The molecule has 1 aliphatic carbocycles. The molecular weight excluding hydrogens is 280 g/mol. The van der Waals surface area contributed by atoms with Gasteiger partial charge in [0.2, 0.25) is 5.91 Å². The van der Waals surface area contributed by atoms with Gasteiger partial charge in [0.1, 0.15) is 12.7 Å². The third-order valence-electron chi connectivity index (χ3n) is 4.65. The van der Waals surface area contributed by atoms with Gasteiger partial charge in [-0.2, -0.15) is 0 Å². The molecule has 0 radical (unpaired) electrons.